The normalized spacial score (nSPS) is 10.9. The second-order valence-corrected chi connectivity index (χ2v) is 5.79. The maximum Gasteiger partial charge on any atom is 0.125 e. The Labute approximate surface area is 124 Å². The summed E-state index contributed by atoms with van der Waals surface area (Å²) in [6, 6.07) is 7.48. The van der Waals surface area contributed by atoms with E-state index in [-0.39, 0.29) is 0 Å². The molecule has 19 heavy (non-hydrogen) atoms. The Hall–Kier alpha value is -1.36. The molecule has 3 rings (SSSR count). The molecule has 0 aliphatic carbocycles. The molecule has 3 nitrogen and oxygen atoms in total. The summed E-state index contributed by atoms with van der Waals surface area (Å²) in [5, 5.41) is 8.84. The second-order valence-electron chi connectivity index (χ2n) is 4.01. The summed E-state index contributed by atoms with van der Waals surface area (Å²) < 4.78 is 0. The first-order chi connectivity index (χ1) is 9.16. The number of nitrogens with zero attached hydrogens (tertiary/aromatic N) is 2. The zero-order valence-corrected chi connectivity index (χ0v) is 12.3. The Balaban J connectivity index is 2.13. The molecule has 0 aliphatic heterocycles. The molecule has 2 heterocycles. The maximum absolute atomic E-state index is 6.23. The van der Waals surface area contributed by atoms with Crippen LogP contribution in [-0.2, 0) is 0 Å². The number of aryl methyl sites for hydroxylation is 1. The number of halogens is 2. The molecule has 0 aliphatic rings. The van der Waals surface area contributed by atoms with E-state index < -0.39 is 0 Å². The average Bonchev–Trinajstić information content (AvgIpc) is 3.01. The number of rotatable bonds is 2. The lowest BCUT2D eigenvalue weighted by atomic mass is 10.2. The highest BCUT2D eigenvalue weighted by atomic mass is 35.5. The van der Waals surface area contributed by atoms with E-state index in [1.165, 1.54) is 0 Å². The number of hydrogen-bond donors (Lipinski definition) is 1. The number of benzene rings is 1. The topological polar surface area (TPSA) is 41.6 Å². The molecule has 0 saturated heterocycles. The minimum atomic E-state index is 0.536. The van der Waals surface area contributed by atoms with Crippen LogP contribution in [0.2, 0.25) is 10.0 Å². The van der Waals surface area contributed by atoms with E-state index in [2.05, 4.69) is 15.2 Å². The number of aromatic amines is 1. The third-order valence-corrected chi connectivity index (χ3v) is 4.77. The van der Waals surface area contributed by atoms with E-state index in [0.29, 0.717) is 10.0 Å². The molecule has 0 saturated carbocycles. The van der Waals surface area contributed by atoms with Crippen molar-refractivity contribution in [1.82, 2.24) is 15.2 Å². The Kier molecular flexibility index (Phi) is 3.31. The summed E-state index contributed by atoms with van der Waals surface area (Å²) in [5.41, 5.74) is 2.76. The van der Waals surface area contributed by atoms with Crippen LogP contribution in [0.5, 0.6) is 0 Å². The van der Waals surface area contributed by atoms with Crippen LogP contribution >= 0.6 is 34.5 Å². The molecule has 0 radical (unpaired) electrons. The van der Waals surface area contributed by atoms with Crippen molar-refractivity contribution < 1.29 is 0 Å². The SMILES string of the molecule is Cc1nc(-c2cccc(Cl)c2Cl)sc1-c1ccn[nH]1. The van der Waals surface area contributed by atoms with Crippen LogP contribution in [0.25, 0.3) is 21.1 Å². The minimum absolute atomic E-state index is 0.536. The highest BCUT2D eigenvalue weighted by Gasteiger charge is 2.15. The van der Waals surface area contributed by atoms with Crippen LogP contribution in [-0.4, -0.2) is 15.2 Å². The van der Waals surface area contributed by atoms with Gasteiger partial charge in [-0.25, -0.2) is 4.98 Å². The van der Waals surface area contributed by atoms with Gasteiger partial charge in [-0.3, -0.25) is 5.10 Å². The summed E-state index contributed by atoms with van der Waals surface area (Å²) in [5.74, 6) is 0. The van der Waals surface area contributed by atoms with Gasteiger partial charge < -0.3 is 0 Å². The molecule has 3 aromatic rings. The van der Waals surface area contributed by atoms with Crippen LogP contribution in [0.4, 0.5) is 0 Å². The van der Waals surface area contributed by atoms with Crippen molar-refractivity contribution in [2.24, 2.45) is 0 Å². The lowest BCUT2D eigenvalue weighted by Crippen LogP contribution is -1.80. The first kappa shape index (κ1) is 12.7. The number of H-pyrrole nitrogens is 1. The summed E-state index contributed by atoms with van der Waals surface area (Å²) in [6.07, 6.45) is 1.72. The van der Waals surface area contributed by atoms with E-state index in [9.17, 15) is 0 Å². The van der Waals surface area contributed by atoms with Crippen molar-refractivity contribution in [3.8, 4) is 21.1 Å². The van der Waals surface area contributed by atoms with Gasteiger partial charge in [0.2, 0.25) is 0 Å². The van der Waals surface area contributed by atoms with Crippen molar-refractivity contribution in [2.75, 3.05) is 0 Å². The molecule has 1 N–H and O–H groups in total. The maximum atomic E-state index is 6.23. The van der Waals surface area contributed by atoms with Crippen LogP contribution < -0.4 is 0 Å². The van der Waals surface area contributed by atoms with Gasteiger partial charge >= 0.3 is 0 Å². The van der Waals surface area contributed by atoms with Gasteiger partial charge in [0.05, 0.1) is 26.3 Å². The highest BCUT2D eigenvalue weighted by molar-refractivity contribution is 7.18. The van der Waals surface area contributed by atoms with Crippen LogP contribution in [0, 0.1) is 6.92 Å². The van der Waals surface area contributed by atoms with Gasteiger partial charge in [0, 0.05) is 11.8 Å². The fourth-order valence-corrected chi connectivity index (χ4v) is 3.33. The fraction of sp³-hybridized carbons (Fsp3) is 0.0769. The molecule has 6 heteroatoms. The zero-order valence-electron chi connectivity index (χ0n) is 9.95. The molecule has 0 spiro atoms. The quantitative estimate of drug-likeness (QED) is 0.737. The summed E-state index contributed by atoms with van der Waals surface area (Å²) >= 11 is 13.8. The third kappa shape index (κ3) is 2.27. The molecule has 2 aromatic heterocycles. The van der Waals surface area contributed by atoms with Crippen molar-refractivity contribution in [1.29, 1.82) is 0 Å². The Morgan fingerprint density at radius 1 is 1.21 bits per heavy atom. The fourth-order valence-electron chi connectivity index (χ4n) is 1.81. The third-order valence-electron chi connectivity index (χ3n) is 2.72. The van der Waals surface area contributed by atoms with E-state index in [1.807, 2.05) is 25.1 Å². The van der Waals surface area contributed by atoms with Gasteiger partial charge in [-0.2, -0.15) is 5.10 Å². The number of nitrogens with one attached hydrogen (secondary N) is 1. The standard InChI is InChI=1S/C13H9Cl2N3S/c1-7-12(10-5-6-16-18-10)19-13(17-7)8-3-2-4-9(14)11(8)15/h2-6H,1H3,(H,16,18). The van der Waals surface area contributed by atoms with E-state index in [1.54, 1.807) is 23.6 Å². The Bertz CT molecular complexity index is 720. The Morgan fingerprint density at radius 2 is 2.05 bits per heavy atom. The van der Waals surface area contributed by atoms with Gasteiger partial charge in [0.15, 0.2) is 0 Å². The Morgan fingerprint density at radius 3 is 2.79 bits per heavy atom. The monoisotopic (exact) mass is 309 g/mol. The molecule has 0 fully saturated rings. The lowest BCUT2D eigenvalue weighted by Gasteiger charge is -2.01. The first-order valence-corrected chi connectivity index (χ1v) is 7.15. The van der Waals surface area contributed by atoms with Gasteiger partial charge in [-0.15, -0.1) is 11.3 Å². The van der Waals surface area contributed by atoms with Crippen molar-refractivity contribution in [2.45, 2.75) is 6.92 Å². The lowest BCUT2D eigenvalue weighted by molar-refractivity contribution is 1.09. The van der Waals surface area contributed by atoms with E-state index in [4.69, 9.17) is 23.2 Å². The predicted octanol–water partition coefficient (Wildman–Crippen LogP) is 4.82. The molecular weight excluding hydrogens is 301 g/mol. The van der Waals surface area contributed by atoms with Crippen LogP contribution in [0.1, 0.15) is 5.69 Å². The van der Waals surface area contributed by atoms with Gasteiger partial charge in [-0.1, -0.05) is 35.3 Å². The highest BCUT2D eigenvalue weighted by Crippen LogP contribution is 2.39. The van der Waals surface area contributed by atoms with Crippen LogP contribution in [0.15, 0.2) is 30.5 Å². The van der Waals surface area contributed by atoms with E-state index >= 15 is 0 Å². The summed E-state index contributed by atoms with van der Waals surface area (Å²) in [6.45, 7) is 1.97. The van der Waals surface area contributed by atoms with Gasteiger partial charge in [0.25, 0.3) is 0 Å². The predicted molar refractivity (Wildman–Crippen MR) is 79.9 cm³/mol. The number of aromatic nitrogens is 3. The molecular formula is C13H9Cl2N3S. The first-order valence-electron chi connectivity index (χ1n) is 5.58. The molecule has 0 atom stereocenters. The number of hydrogen-bond acceptors (Lipinski definition) is 3. The second kappa shape index (κ2) is 4.96. The number of thiazole rings is 1. The van der Waals surface area contributed by atoms with Crippen molar-refractivity contribution in [3.05, 3.63) is 46.2 Å². The molecule has 0 amide bonds. The summed E-state index contributed by atoms with van der Waals surface area (Å²) in [7, 11) is 0. The molecule has 96 valence electrons. The van der Waals surface area contributed by atoms with E-state index in [0.717, 1.165) is 26.8 Å². The largest absolute Gasteiger partial charge is 0.277 e. The molecule has 0 bridgehead atoms. The van der Waals surface area contributed by atoms with Gasteiger partial charge in [0.1, 0.15) is 5.01 Å². The molecule has 0 unspecified atom stereocenters. The van der Waals surface area contributed by atoms with Gasteiger partial charge in [-0.05, 0) is 19.1 Å². The van der Waals surface area contributed by atoms with Crippen LogP contribution in [0.3, 0.4) is 0 Å². The summed E-state index contributed by atoms with van der Waals surface area (Å²) in [4.78, 5) is 5.63. The smallest absolute Gasteiger partial charge is 0.125 e. The van der Waals surface area contributed by atoms with Crippen molar-refractivity contribution >= 4 is 34.5 Å². The molecule has 1 aromatic carbocycles. The zero-order chi connectivity index (χ0) is 13.4. The minimum Gasteiger partial charge on any atom is -0.277 e. The average molecular weight is 310 g/mol. The van der Waals surface area contributed by atoms with Crippen molar-refractivity contribution in [3.63, 3.8) is 0 Å².